The SMILES string of the molecule is O=C(CN(c1ccccc1)S(=O)(=O)c1ccccc1[N+](=O)[O-])N/N=C\c1ccc(OCc2ccc3ccccc3c2)cc1. The summed E-state index contributed by atoms with van der Waals surface area (Å²) < 4.78 is 33.7. The molecule has 0 radical (unpaired) electrons. The van der Waals surface area contributed by atoms with Crippen molar-refractivity contribution in [3.63, 3.8) is 0 Å². The minimum atomic E-state index is -4.48. The van der Waals surface area contributed by atoms with Crippen LogP contribution in [-0.2, 0) is 21.4 Å². The molecule has 5 rings (SSSR count). The van der Waals surface area contributed by atoms with Gasteiger partial charge >= 0.3 is 0 Å². The van der Waals surface area contributed by atoms with Crippen LogP contribution in [-0.4, -0.2) is 32.0 Å². The van der Waals surface area contributed by atoms with Crippen LogP contribution in [0, 0.1) is 10.1 Å². The van der Waals surface area contributed by atoms with Gasteiger partial charge in [-0.15, -0.1) is 0 Å². The Hall–Kier alpha value is -5.55. The molecule has 216 valence electrons. The lowest BCUT2D eigenvalue weighted by molar-refractivity contribution is -0.387. The van der Waals surface area contributed by atoms with E-state index in [1.807, 2.05) is 18.2 Å². The molecule has 11 heteroatoms. The Morgan fingerprint density at radius 1 is 0.860 bits per heavy atom. The van der Waals surface area contributed by atoms with Gasteiger partial charge in [0, 0.05) is 6.07 Å². The standard InChI is InChI=1S/C32H26N4O6S/c37-32(22-35(28-10-2-1-3-11-28)43(40,41)31-13-7-6-12-30(31)36(38)39)34-33-21-24-15-18-29(19-16-24)42-23-25-14-17-26-8-4-5-9-27(26)20-25/h1-21H,22-23H2,(H,34,37)/b33-21-. The Kier molecular flexibility index (Phi) is 8.73. The molecule has 5 aromatic carbocycles. The zero-order valence-electron chi connectivity index (χ0n) is 22.7. The quantitative estimate of drug-likeness (QED) is 0.119. The number of nitrogens with zero attached hydrogens (tertiary/aromatic N) is 3. The first-order valence-electron chi connectivity index (χ1n) is 13.1. The highest BCUT2D eigenvalue weighted by atomic mass is 32.2. The zero-order valence-corrected chi connectivity index (χ0v) is 23.6. The number of benzene rings is 5. The first-order chi connectivity index (χ1) is 20.8. The number of hydrogen-bond acceptors (Lipinski definition) is 7. The lowest BCUT2D eigenvalue weighted by Gasteiger charge is -2.23. The van der Waals surface area contributed by atoms with Crippen molar-refractivity contribution < 1.29 is 22.9 Å². The third kappa shape index (κ3) is 7.03. The molecule has 0 unspecified atom stereocenters. The largest absolute Gasteiger partial charge is 0.489 e. The van der Waals surface area contributed by atoms with Gasteiger partial charge in [0.1, 0.15) is 18.9 Å². The number of carbonyl (C=O) groups excluding carboxylic acids is 1. The van der Waals surface area contributed by atoms with Crippen molar-refractivity contribution in [2.45, 2.75) is 11.5 Å². The molecule has 0 aliphatic rings. The van der Waals surface area contributed by atoms with E-state index in [1.165, 1.54) is 30.5 Å². The van der Waals surface area contributed by atoms with Gasteiger partial charge in [-0.25, -0.2) is 13.8 Å². The summed E-state index contributed by atoms with van der Waals surface area (Å²) in [6.45, 7) is -0.251. The molecule has 1 N–H and O–H groups in total. The Labute approximate surface area is 248 Å². The predicted molar refractivity (Wildman–Crippen MR) is 165 cm³/mol. The van der Waals surface area contributed by atoms with Crippen LogP contribution in [0.5, 0.6) is 5.75 Å². The molecule has 0 fully saturated rings. The molecule has 10 nitrogen and oxygen atoms in total. The number of hydrazone groups is 1. The fourth-order valence-electron chi connectivity index (χ4n) is 4.34. The van der Waals surface area contributed by atoms with Crippen molar-refractivity contribution in [2.75, 3.05) is 10.8 Å². The molecule has 0 spiro atoms. The van der Waals surface area contributed by atoms with Crippen molar-refractivity contribution >= 4 is 44.3 Å². The van der Waals surface area contributed by atoms with Crippen LogP contribution >= 0.6 is 0 Å². The first kappa shape index (κ1) is 29.0. The van der Waals surface area contributed by atoms with E-state index in [1.54, 1.807) is 42.5 Å². The molecule has 0 saturated carbocycles. The van der Waals surface area contributed by atoms with Crippen LogP contribution < -0.4 is 14.5 Å². The molecule has 0 aliphatic carbocycles. The highest BCUT2D eigenvalue weighted by molar-refractivity contribution is 7.93. The summed E-state index contributed by atoms with van der Waals surface area (Å²) >= 11 is 0. The van der Waals surface area contributed by atoms with Gasteiger partial charge in [0.25, 0.3) is 21.6 Å². The number of nitro groups is 1. The predicted octanol–water partition coefficient (Wildman–Crippen LogP) is 5.67. The summed E-state index contributed by atoms with van der Waals surface area (Å²) in [6.07, 6.45) is 1.41. The van der Waals surface area contributed by atoms with Crippen molar-refractivity contribution in [1.29, 1.82) is 0 Å². The van der Waals surface area contributed by atoms with Crippen LogP contribution in [0.4, 0.5) is 11.4 Å². The highest BCUT2D eigenvalue weighted by Crippen LogP contribution is 2.29. The fraction of sp³-hybridized carbons (Fsp3) is 0.0625. The number of rotatable bonds is 11. The van der Waals surface area contributed by atoms with Gasteiger partial charge in [0.15, 0.2) is 4.90 Å². The fourth-order valence-corrected chi connectivity index (χ4v) is 5.93. The maximum Gasteiger partial charge on any atom is 0.289 e. The summed E-state index contributed by atoms with van der Waals surface area (Å²) in [6, 6.07) is 34.2. The Bertz CT molecular complexity index is 1900. The number of nitrogens with one attached hydrogen (secondary N) is 1. The molecule has 0 heterocycles. The maximum atomic E-state index is 13.5. The van der Waals surface area contributed by atoms with Gasteiger partial charge in [-0.2, -0.15) is 5.10 Å². The maximum absolute atomic E-state index is 13.5. The van der Waals surface area contributed by atoms with E-state index in [9.17, 15) is 23.3 Å². The summed E-state index contributed by atoms with van der Waals surface area (Å²) in [5.74, 6) is -0.0781. The number of sulfonamides is 1. The number of para-hydroxylation sites is 2. The minimum Gasteiger partial charge on any atom is -0.489 e. The van der Waals surface area contributed by atoms with Crippen LogP contribution in [0.2, 0.25) is 0 Å². The molecular weight excluding hydrogens is 568 g/mol. The Morgan fingerprint density at radius 2 is 1.53 bits per heavy atom. The van der Waals surface area contributed by atoms with Crippen LogP contribution in [0.15, 0.2) is 131 Å². The van der Waals surface area contributed by atoms with E-state index in [4.69, 9.17) is 4.74 Å². The van der Waals surface area contributed by atoms with Crippen LogP contribution in [0.3, 0.4) is 0 Å². The van der Waals surface area contributed by atoms with Crippen LogP contribution in [0.1, 0.15) is 11.1 Å². The molecule has 0 saturated heterocycles. The molecule has 0 aromatic heterocycles. The normalized spacial score (nSPS) is 11.3. The molecule has 0 bridgehead atoms. The van der Waals surface area contributed by atoms with E-state index in [0.29, 0.717) is 17.9 Å². The molecule has 5 aromatic rings. The molecule has 43 heavy (non-hydrogen) atoms. The first-order valence-corrected chi connectivity index (χ1v) is 14.6. The van der Waals surface area contributed by atoms with Crippen molar-refractivity contribution in [1.82, 2.24) is 5.43 Å². The van der Waals surface area contributed by atoms with Crippen molar-refractivity contribution in [2.24, 2.45) is 5.10 Å². The molecule has 1 amide bonds. The number of amides is 1. The molecule has 0 aliphatic heterocycles. The van der Waals surface area contributed by atoms with Gasteiger partial charge in [-0.05, 0) is 70.4 Å². The van der Waals surface area contributed by atoms with E-state index in [-0.39, 0.29) is 5.69 Å². The summed E-state index contributed by atoms with van der Waals surface area (Å²) in [5.41, 5.74) is 3.62. The number of nitro benzene ring substituents is 1. The topological polar surface area (TPSA) is 131 Å². The second-order valence-corrected chi connectivity index (χ2v) is 11.2. The minimum absolute atomic E-state index is 0.166. The average molecular weight is 595 g/mol. The summed E-state index contributed by atoms with van der Waals surface area (Å²) in [4.78, 5) is 23.0. The van der Waals surface area contributed by atoms with Gasteiger partial charge in [-0.1, -0.05) is 66.7 Å². The van der Waals surface area contributed by atoms with E-state index >= 15 is 0 Å². The van der Waals surface area contributed by atoms with Gasteiger partial charge in [0.05, 0.1) is 16.8 Å². The molecule has 0 atom stereocenters. The number of fused-ring (bicyclic) bond motifs is 1. The average Bonchev–Trinajstić information content (AvgIpc) is 3.03. The van der Waals surface area contributed by atoms with Crippen molar-refractivity contribution in [3.05, 3.63) is 143 Å². The van der Waals surface area contributed by atoms with Gasteiger partial charge < -0.3 is 4.74 Å². The van der Waals surface area contributed by atoms with Crippen molar-refractivity contribution in [3.8, 4) is 5.75 Å². The highest BCUT2D eigenvalue weighted by Gasteiger charge is 2.33. The van der Waals surface area contributed by atoms with Gasteiger partial charge in [-0.3, -0.25) is 19.2 Å². The second-order valence-electron chi connectivity index (χ2n) is 9.40. The Morgan fingerprint density at radius 3 is 2.28 bits per heavy atom. The second kappa shape index (κ2) is 13.0. The number of carbonyl (C=O) groups is 1. The smallest absolute Gasteiger partial charge is 0.289 e. The number of anilines is 1. The number of ether oxygens (including phenoxy) is 1. The van der Waals surface area contributed by atoms with Gasteiger partial charge in [0.2, 0.25) is 0 Å². The van der Waals surface area contributed by atoms with Crippen LogP contribution in [0.25, 0.3) is 10.8 Å². The lowest BCUT2D eigenvalue weighted by atomic mass is 10.1. The van der Waals surface area contributed by atoms with E-state index in [0.717, 1.165) is 32.8 Å². The zero-order chi connectivity index (χ0) is 30.2. The third-order valence-corrected chi connectivity index (χ3v) is 8.28. The lowest BCUT2D eigenvalue weighted by Crippen LogP contribution is -2.39. The summed E-state index contributed by atoms with van der Waals surface area (Å²) in [7, 11) is -4.48. The monoisotopic (exact) mass is 594 g/mol. The van der Waals surface area contributed by atoms with E-state index in [2.05, 4.69) is 34.8 Å². The Balaban J connectivity index is 1.23. The third-order valence-electron chi connectivity index (χ3n) is 6.46. The molecular formula is C32H26N4O6S. The number of hydrogen-bond donors (Lipinski definition) is 1. The van der Waals surface area contributed by atoms with E-state index < -0.39 is 38.0 Å². The summed E-state index contributed by atoms with van der Waals surface area (Å²) in [5, 5.41) is 17.8.